The molecule has 0 bridgehead atoms. The predicted molar refractivity (Wildman–Crippen MR) is 8.50 cm³/mol. The van der Waals surface area contributed by atoms with Crippen molar-refractivity contribution < 1.29 is 132 Å². The van der Waals surface area contributed by atoms with Gasteiger partial charge in [-0.1, -0.05) is 0 Å². The summed E-state index contributed by atoms with van der Waals surface area (Å²) in [6.07, 6.45) is 0. The van der Waals surface area contributed by atoms with Gasteiger partial charge in [0.05, 0.1) is 0 Å². The number of hydrogen-bond acceptors (Lipinski definition) is 7. The summed E-state index contributed by atoms with van der Waals surface area (Å²) >= 11 is -5.62. The van der Waals surface area contributed by atoms with Crippen molar-refractivity contribution in [1.82, 2.24) is 0 Å². The molecule has 0 amide bonds. The molecule has 0 rings (SSSR count). The van der Waals surface area contributed by atoms with Crippen molar-refractivity contribution in [3.05, 3.63) is 0 Å². The second-order valence-electron chi connectivity index (χ2n) is 0.628. The molecule has 0 spiro atoms. The minimum atomic E-state index is -5.62. The Hall–Kier alpha value is 2.33. The molecule has 0 radical (unpaired) electrons. The molecular formula is KLi2MnO7Si. The third-order valence-corrected chi connectivity index (χ3v) is 0. The van der Waals surface area contributed by atoms with Crippen LogP contribution in [-0.4, -0.2) is 9.17 Å². The van der Waals surface area contributed by atoms with E-state index >= 15 is 0 Å². The van der Waals surface area contributed by atoms with E-state index in [1.165, 1.54) is 0 Å². The molecule has 0 N–H and O–H groups in total. The van der Waals surface area contributed by atoms with Crippen molar-refractivity contribution >= 4 is 9.17 Å². The Kier molecular flexibility index (Phi) is 38.5. The first-order valence-electron chi connectivity index (χ1n) is 1.23. The van der Waals surface area contributed by atoms with Gasteiger partial charge in [-0.25, -0.2) is 0 Å². The van der Waals surface area contributed by atoms with E-state index in [0.717, 1.165) is 0 Å². The van der Waals surface area contributed by atoms with Gasteiger partial charge in [0.1, 0.15) is 0 Å². The van der Waals surface area contributed by atoms with Crippen LogP contribution in [0.15, 0.2) is 0 Å². The third-order valence-electron chi connectivity index (χ3n) is 0. The summed E-state index contributed by atoms with van der Waals surface area (Å²) in [5.74, 6) is 0. The van der Waals surface area contributed by atoms with Gasteiger partial charge in [0.25, 0.3) is 0 Å². The quantitative estimate of drug-likeness (QED) is 0.388. The van der Waals surface area contributed by atoms with Gasteiger partial charge in [-0.15, -0.1) is 0 Å². The van der Waals surface area contributed by atoms with Gasteiger partial charge >= 0.3 is 118 Å². The van der Waals surface area contributed by atoms with Crippen LogP contribution in [0, 0.1) is 0 Å². The molecule has 0 aliphatic carbocycles. The summed E-state index contributed by atoms with van der Waals surface area (Å²) in [5.41, 5.74) is 0. The summed E-state index contributed by atoms with van der Waals surface area (Å²) in [6, 6.07) is 0. The summed E-state index contributed by atoms with van der Waals surface area (Å²) in [4.78, 5) is 17.0. The average molecular weight is 248 g/mol. The summed E-state index contributed by atoms with van der Waals surface area (Å²) in [5, 5.41) is 0. The molecule has 56 valence electrons. The molecule has 0 aliphatic heterocycles. The molecule has 7 nitrogen and oxygen atoms in total. The Labute approximate surface area is 138 Å². The molecule has 0 aliphatic rings. The van der Waals surface area contributed by atoms with E-state index in [0.29, 0.717) is 0 Å². The standard InChI is InChI=1S/K.2Li.Mn.O3Si.4O/c;;;;1-4(2)3;;;;/q3*+1;;-2;;;;-1. The molecule has 0 unspecified atom stereocenters. The van der Waals surface area contributed by atoms with Crippen LogP contribution in [0.2, 0.25) is 0 Å². The molecular weight excluding hydrogens is 248 g/mol. The second-order valence-corrected chi connectivity index (χ2v) is 2.31. The van der Waals surface area contributed by atoms with Gasteiger partial charge in [0.2, 0.25) is 0 Å². The summed E-state index contributed by atoms with van der Waals surface area (Å²) in [7, 11) is -3.63. The van der Waals surface area contributed by atoms with Crippen molar-refractivity contribution in [2.45, 2.75) is 0 Å². The Morgan fingerprint density at radius 2 is 1.00 bits per heavy atom. The molecule has 0 atom stereocenters. The SMILES string of the molecule is O=[Si]([O-])[O-].[K+].[Li+].[Li+].[O]=[Mn](=[O])(=[O])[O-]. The van der Waals surface area contributed by atoms with Crippen molar-refractivity contribution in [1.29, 1.82) is 0 Å². The Bertz CT molecular complexity index is 207. The van der Waals surface area contributed by atoms with Gasteiger partial charge < -0.3 is 14.1 Å². The molecule has 0 aromatic heterocycles. The third kappa shape index (κ3) is 292. The van der Waals surface area contributed by atoms with Gasteiger partial charge in [-0.2, -0.15) is 0 Å². The first-order valence-corrected chi connectivity index (χ1v) is 4.38. The molecule has 12 heteroatoms. The maximum atomic E-state index is 8.58. The Morgan fingerprint density at radius 1 is 1.00 bits per heavy atom. The fraction of sp³-hybridized carbons (Fsp3) is 0. The van der Waals surface area contributed by atoms with Gasteiger partial charge in [0.15, 0.2) is 0 Å². The van der Waals surface area contributed by atoms with Crippen molar-refractivity contribution in [2.24, 2.45) is 0 Å². The zero-order valence-corrected chi connectivity index (χ0v) is 12.0. The van der Waals surface area contributed by atoms with E-state index in [1.54, 1.807) is 0 Å². The summed E-state index contributed by atoms with van der Waals surface area (Å²) < 4.78 is 42.8. The van der Waals surface area contributed by atoms with Crippen LogP contribution < -0.4 is 103 Å². The van der Waals surface area contributed by atoms with Crippen LogP contribution in [-0.2, 0) is 28.9 Å². The molecule has 0 aromatic rings. The molecule has 0 saturated carbocycles. The van der Waals surface area contributed by atoms with E-state index in [1.807, 2.05) is 0 Å². The van der Waals surface area contributed by atoms with Gasteiger partial charge in [0, 0.05) is 9.17 Å². The van der Waals surface area contributed by atoms with Crippen LogP contribution in [0.3, 0.4) is 0 Å². The van der Waals surface area contributed by atoms with Crippen LogP contribution in [0.4, 0.5) is 0 Å². The fourth-order valence-electron chi connectivity index (χ4n) is 0. The average Bonchev–Trinajstić information content (AvgIpc) is 1.19. The first-order chi connectivity index (χ1) is 3.73. The topological polar surface area (TPSA) is 137 Å². The van der Waals surface area contributed by atoms with E-state index < -0.39 is 22.1 Å². The molecule has 0 aromatic carbocycles. The fourth-order valence-corrected chi connectivity index (χ4v) is 0. The Balaban J connectivity index is -0.0000000221. The van der Waals surface area contributed by atoms with Crippen LogP contribution in [0.25, 0.3) is 0 Å². The van der Waals surface area contributed by atoms with Crippen molar-refractivity contribution in [3.63, 3.8) is 0 Å². The number of hydrogen-bond donors (Lipinski definition) is 0. The van der Waals surface area contributed by atoms with E-state index in [4.69, 9.17) is 29.7 Å². The van der Waals surface area contributed by atoms with E-state index in [9.17, 15) is 0 Å². The van der Waals surface area contributed by atoms with Crippen LogP contribution in [0.5, 0.6) is 0 Å². The van der Waals surface area contributed by atoms with Crippen molar-refractivity contribution in [3.8, 4) is 0 Å². The van der Waals surface area contributed by atoms with Gasteiger partial charge in [-0.3, -0.25) is 0 Å². The van der Waals surface area contributed by atoms with Crippen LogP contribution in [0.1, 0.15) is 0 Å². The monoisotopic (exact) mass is 248 g/mol. The minimum absolute atomic E-state index is 0. The molecule has 0 saturated heterocycles. The van der Waals surface area contributed by atoms with Crippen molar-refractivity contribution in [2.75, 3.05) is 0 Å². The molecule has 0 heterocycles. The zero-order valence-electron chi connectivity index (χ0n) is 6.74. The van der Waals surface area contributed by atoms with Gasteiger partial charge in [-0.05, 0) is 0 Å². The second kappa shape index (κ2) is 15.8. The van der Waals surface area contributed by atoms with Crippen LogP contribution >= 0.6 is 0 Å². The molecule has 0 fully saturated rings. The number of rotatable bonds is 0. The maximum absolute atomic E-state index is 8.58. The molecule has 12 heavy (non-hydrogen) atoms. The first kappa shape index (κ1) is 29.3. The van der Waals surface area contributed by atoms with E-state index in [2.05, 4.69) is 0 Å². The van der Waals surface area contributed by atoms with E-state index in [-0.39, 0.29) is 89.1 Å². The summed E-state index contributed by atoms with van der Waals surface area (Å²) in [6.45, 7) is 0. The predicted octanol–water partition coefficient (Wildman–Crippen LogP) is -13.4. The zero-order chi connectivity index (χ0) is 8.08. The normalized spacial score (nSPS) is 6.75. The Morgan fingerprint density at radius 3 is 1.00 bits per heavy atom.